The number of rotatable bonds is 16. The van der Waals surface area contributed by atoms with Crippen LogP contribution in [0.2, 0.25) is 0 Å². The average molecular weight is 831 g/mol. The van der Waals surface area contributed by atoms with Gasteiger partial charge in [0, 0.05) is 78.2 Å². The van der Waals surface area contributed by atoms with Crippen LogP contribution >= 0.6 is 0 Å². The molecule has 2 aliphatic rings. The van der Waals surface area contributed by atoms with Crippen molar-refractivity contribution in [3.05, 3.63) is 53.0 Å². The highest BCUT2D eigenvalue weighted by molar-refractivity contribution is 6.13. The molecule has 1 atom stereocenters. The molecule has 5 rings (SSSR count). The highest BCUT2D eigenvalue weighted by Gasteiger charge is 2.30. The van der Waals surface area contributed by atoms with Crippen LogP contribution in [0.4, 0.5) is 16.3 Å². The standard InChI is InChI=1S/C43H66N12O5/c1-30-31(2)34(16-15-32(30)27-36(57)50(6)7)48-41(58)38-37-39(44)46-29-47-40(37)55(49-38)33-13-9-22-54(28-33)35(56)14-10-18-51(8)19-12-21-53-25-23-52(24-26-53)20-11-17-45-42(59)60-43(3,4)5/h10,14-16,29,33H,9,11-13,17-28H2,1-8H3,(H,45,59)(H,48,58)(H2,44,46,47)/b14-10+. The highest BCUT2D eigenvalue weighted by Crippen LogP contribution is 2.30. The summed E-state index contributed by atoms with van der Waals surface area (Å²) in [5.74, 6) is -0.357. The molecule has 0 radical (unpaired) electrons. The van der Waals surface area contributed by atoms with Crippen LogP contribution in [0, 0.1) is 13.8 Å². The Morgan fingerprint density at radius 3 is 2.35 bits per heavy atom. The minimum Gasteiger partial charge on any atom is -0.444 e. The summed E-state index contributed by atoms with van der Waals surface area (Å²) >= 11 is 0. The lowest BCUT2D eigenvalue weighted by Gasteiger charge is -2.35. The number of alkyl carbamates (subject to hydrolysis) is 1. The fraction of sp³-hybridized carbons (Fsp3) is 0.605. The average Bonchev–Trinajstić information content (AvgIpc) is 3.60. The van der Waals surface area contributed by atoms with Gasteiger partial charge in [-0.25, -0.2) is 19.4 Å². The maximum Gasteiger partial charge on any atom is 0.407 e. The van der Waals surface area contributed by atoms with E-state index >= 15 is 0 Å². The quantitative estimate of drug-likeness (QED) is 0.141. The molecule has 1 unspecified atom stereocenters. The number of nitrogen functional groups attached to an aromatic ring is 1. The van der Waals surface area contributed by atoms with Crippen LogP contribution in [0.15, 0.2) is 30.6 Å². The number of likely N-dealkylation sites (tertiary alicyclic amines) is 1. The first-order valence-corrected chi connectivity index (χ1v) is 21.2. The Hall–Kier alpha value is -5.13. The lowest BCUT2D eigenvalue weighted by atomic mass is 9.98. The lowest BCUT2D eigenvalue weighted by Crippen LogP contribution is -2.47. The third-order valence-corrected chi connectivity index (χ3v) is 11.3. The van der Waals surface area contributed by atoms with Gasteiger partial charge < -0.3 is 45.6 Å². The first-order chi connectivity index (χ1) is 28.5. The monoisotopic (exact) mass is 831 g/mol. The first-order valence-electron chi connectivity index (χ1n) is 21.2. The second kappa shape index (κ2) is 20.9. The van der Waals surface area contributed by atoms with E-state index in [1.54, 1.807) is 35.8 Å². The van der Waals surface area contributed by atoms with Gasteiger partial charge in [-0.05, 0) is 110 Å². The summed E-state index contributed by atoms with van der Waals surface area (Å²) < 4.78 is 7.02. The minimum atomic E-state index is -0.486. The maximum atomic E-state index is 13.8. The number of anilines is 2. The van der Waals surface area contributed by atoms with Crippen molar-refractivity contribution in [1.29, 1.82) is 0 Å². The number of benzene rings is 1. The Balaban J connectivity index is 1.08. The molecular weight excluding hydrogens is 765 g/mol. The van der Waals surface area contributed by atoms with E-state index in [4.69, 9.17) is 15.6 Å². The first kappa shape index (κ1) is 45.9. The molecule has 0 saturated carbocycles. The molecule has 1 aromatic carbocycles. The third-order valence-electron chi connectivity index (χ3n) is 11.3. The number of aromatic nitrogens is 4. The van der Waals surface area contributed by atoms with Gasteiger partial charge in [0.25, 0.3) is 5.91 Å². The van der Waals surface area contributed by atoms with Crippen molar-refractivity contribution < 1.29 is 23.9 Å². The molecule has 17 heteroatoms. The van der Waals surface area contributed by atoms with E-state index in [2.05, 4.69) is 42.3 Å². The molecule has 4 N–H and O–H groups in total. The van der Waals surface area contributed by atoms with Crippen LogP contribution in [-0.4, -0.2) is 167 Å². The fourth-order valence-corrected chi connectivity index (χ4v) is 7.61. The van der Waals surface area contributed by atoms with Crippen LogP contribution < -0.4 is 16.4 Å². The molecule has 2 aliphatic heterocycles. The van der Waals surface area contributed by atoms with Crippen molar-refractivity contribution in [3.8, 4) is 0 Å². The van der Waals surface area contributed by atoms with E-state index in [1.165, 1.54) is 6.33 Å². The van der Waals surface area contributed by atoms with Gasteiger partial charge in [0.2, 0.25) is 11.8 Å². The number of likely N-dealkylation sites (N-methyl/N-ethyl adjacent to an activating group) is 2. The summed E-state index contributed by atoms with van der Waals surface area (Å²) in [5, 5.41) is 11.0. The number of fused-ring (bicyclic) bond motifs is 1. The summed E-state index contributed by atoms with van der Waals surface area (Å²) in [7, 11) is 5.53. The SMILES string of the molecule is Cc1c(CC(=O)N(C)C)ccc(NC(=O)c2nn(C3CCCN(C(=O)/C=C/CN(C)CCCN4CCN(CCCNC(=O)OC(C)(C)C)CC4)C3)c3ncnc(N)c23)c1C. The second-order valence-electron chi connectivity index (χ2n) is 17.3. The van der Waals surface area contributed by atoms with Crippen molar-refractivity contribution in [2.45, 2.75) is 78.4 Å². The summed E-state index contributed by atoms with van der Waals surface area (Å²) in [6, 6.07) is 3.45. The van der Waals surface area contributed by atoms with E-state index in [0.29, 0.717) is 42.9 Å². The predicted octanol–water partition coefficient (Wildman–Crippen LogP) is 3.48. The zero-order valence-electron chi connectivity index (χ0n) is 36.9. The number of hydrogen-bond acceptors (Lipinski definition) is 12. The van der Waals surface area contributed by atoms with Gasteiger partial charge in [-0.2, -0.15) is 5.10 Å². The number of ether oxygens (including phenoxy) is 1. The van der Waals surface area contributed by atoms with Crippen LogP contribution in [0.25, 0.3) is 11.0 Å². The maximum absolute atomic E-state index is 13.8. The summed E-state index contributed by atoms with van der Waals surface area (Å²) in [5.41, 5.74) is 9.68. The zero-order valence-corrected chi connectivity index (χ0v) is 36.9. The molecule has 4 amide bonds. The number of piperidine rings is 1. The Bertz CT molecular complexity index is 2000. The summed E-state index contributed by atoms with van der Waals surface area (Å²) in [6.07, 6.45) is 8.33. The largest absolute Gasteiger partial charge is 0.444 e. The Labute approximate surface area is 354 Å². The van der Waals surface area contributed by atoms with E-state index < -0.39 is 11.5 Å². The third kappa shape index (κ3) is 12.7. The van der Waals surface area contributed by atoms with Crippen molar-refractivity contribution in [2.75, 3.05) is 104 Å². The minimum absolute atomic E-state index is 0.00179. The van der Waals surface area contributed by atoms with Gasteiger partial charge >= 0.3 is 6.09 Å². The van der Waals surface area contributed by atoms with Gasteiger partial charge in [-0.15, -0.1) is 0 Å². The van der Waals surface area contributed by atoms with E-state index in [-0.39, 0.29) is 41.9 Å². The van der Waals surface area contributed by atoms with E-state index in [0.717, 1.165) is 88.2 Å². The van der Waals surface area contributed by atoms with E-state index in [9.17, 15) is 19.2 Å². The lowest BCUT2D eigenvalue weighted by molar-refractivity contribution is -0.128. The number of nitrogens with two attached hydrogens (primary N) is 1. The number of nitrogens with one attached hydrogen (secondary N) is 2. The molecule has 17 nitrogen and oxygen atoms in total. The van der Waals surface area contributed by atoms with Crippen LogP contribution in [0.1, 0.15) is 79.7 Å². The van der Waals surface area contributed by atoms with Crippen LogP contribution in [0.5, 0.6) is 0 Å². The Morgan fingerprint density at radius 1 is 0.967 bits per heavy atom. The molecule has 0 spiro atoms. The number of piperazine rings is 1. The van der Waals surface area contributed by atoms with Gasteiger partial charge in [-0.3, -0.25) is 14.4 Å². The van der Waals surface area contributed by atoms with Crippen molar-refractivity contribution in [3.63, 3.8) is 0 Å². The van der Waals surface area contributed by atoms with Crippen molar-refractivity contribution >= 4 is 46.4 Å². The van der Waals surface area contributed by atoms with Gasteiger partial charge in [0.15, 0.2) is 11.3 Å². The predicted molar refractivity (Wildman–Crippen MR) is 234 cm³/mol. The Kier molecular flexibility index (Phi) is 16.0. The number of carbonyl (C=O) groups excluding carboxylic acids is 4. The van der Waals surface area contributed by atoms with Crippen molar-refractivity contribution in [2.24, 2.45) is 0 Å². The molecule has 2 aromatic heterocycles. The molecule has 0 bridgehead atoms. The normalized spacial score (nSPS) is 16.8. The number of nitrogens with zero attached hydrogens (tertiary/aromatic N) is 9. The second-order valence-corrected chi connectivity index (χ2v) is 17.3. The summed E-state index contributed by atoms with van der Waals surface area (Å²) in [4.78, 5) is 70.7. The smallest absolute Gasteiger partial charge is 0.407 e. The van der Waals surface area contributed by atoms with Crippen LogP contribution in [0.3, 0.4) is 0 Å². The summed E-state index contributed by atoms with van der Waals surface area (Å²) in [6.45, 7) is 18.8. The molecule has 328 valence electrons. The molecule has 2 fully saturated rings. The van der Waals surface area contributed by atoms with E-state index in [1.807, 2.05) is 51.7 Å². The molecular formula is C43H66N12O5. The Morgan fingerprint density at radius 2 is 1.67 bits per heavy atom. The molecule has 60 heavy (non-hydrogen) atoms. The fourth-order valence-electron chi connectivity index (χ4n) is 7.61. The van der Waals surface area contributed by atoms with Gasteiger partial charge in [0.05, 0.1) is 17.8 Å². The van der Waals surface area contributed by atoms with Gasteiger partial charge in [0.1, 0.15) is 17.7 Å². The topological polar surface area (TPSA) is 187 Å². The molecule has 0 aliphatic carbocycles. The number of amides is 4. The molecule has 3 aromatic rings. The van der Waals surface area contributed by atoms with Crippen LogP contribution in [-0.2, 0) is 20.7 Å². The van der Waals surface area contributed by atoms with Gasteiger partial charge in [-0.1, -0.05) is 12.1 Å². The number of hydrogen-bond donors (Lipinski definition) is 3. The molecule has 4 heterocycles. The molecule has 2 saturated heterocycles. The van der Waals surface area contributed by atoms with Crippen molar-refractivity contribution in [1.82, 2.24) is 49.6 Å². The highest BCUT2D eigenvalue weighted by atomic mass is 16.6. The zero-order chi connectivity index (χ0) is 43.6. The number of carbonyl (C=O) groups is 4.